The summed E-state index contributed by atoms with van der Waals surface area (Å²) in [7, 11) is 1.79. The molecule has 0 unspecified atom stereocenters. The number of nitrogens with zero attached hydrogens (tertiary/aromatic N) is 3. The number of carbonyl (C=O) groups is 1. The van der Waals surface area contributed by atoms with Gasteiger partial charge in [0.15, 0.2) is 0 Å². The van der Waals surface area contributed by atoms with Crippen LogP contribution in [0.1, 0.15) is 13.8 Å². The van der Waals surface area contributed by atoms with E-state index in [-0.39, 0.29) is 12.5 Å². The molecule has 1 rings (SSSR count). The van der Waals surface area contributed by atoms with E-state index in [9.17, 15) is 4.79 Å². The van der Waals surface area contributed by atoms with Crippen molar-refractivity contribution in [2.24, 2.45) is 5.92 Å². The van der Waals surface area contributed by atoms with E-state index in [1.165, 1.54) is 6.20 Å². The first-order valence-electron chi connectivity index (χ1n) is 5.54. The Hall–Kier alpha value is -1.85. The largest absolute Gasteiger partial charge is 0.382 e. The molecule has 0 aliphatic carbocycles. The molecule has 1 aromatic heterocycles. The zero-order valence-corrected chi connectivity index (χ0v) is 10.5. The van der Waals surface area contributed by atoms with Gasteiger partial charge in [-0.05, 0) is 5.92 Å². The number of amides is 1. The minimum atomic E-state index is -0.0279. The first-order valence-corrected chi connectivity index (χ1v) is 5.54. The van der Waals surface area contributed by atoms with Crippen molar-refractivity contribution in [2.75, 3.05) is 30.8 Å². The average Bonchev–Trinajstić information content (AvgIpc) is 2.27. The van der Waals surface area contributed by atoms with Gasteiger partial charge in [-0.25, -0.2) is 9.97 Å². The van der Waals surface area contributed by atoms with Crippen LogP contribution >= 0.6 is 0 Å². The summed E-state index contributed by atoms with van der Waals surface area (Å²) < 4.78 is 0. The topological polar surface area (TPSA) is 84.1 Å². The minimum Gasteiger partial charge on any atom is -0.382 e. The van der Waals surface area contributed by atoms with Crippen LogP contribution in [0.15, 0.2) is 12.4 Å². The van der Waals surface area contributed by atoms with Crippen molar-refractivity contribution in [3.05, 3.63) is 12.4 Å². The molecule has 6 nitrogen and oxygen atoms in total. The van der Waals surface area contributed by atoms with Crippen LogP contribution in [0.2, 0.25) is 0 Å². The smallest absolute Gasteiger partial charge is 0.239 e. The zero-order valence-electron chi connectivity index (χ0n) is 10.5. The summed E-state index contributed by atoms with van der Waals surface area (Å²) in [5.74, 6) is 1.41. The Morgan fingerprint density at radius 2 is 2.18 bits per heavy atom. The summed E-state index contributed by atoms with van der Waals surface area (Å²) in [6.45, 7) is 5.04. The van der Waals surface area contributed by atoms with Crippen LogP contribution in [0.5, 0.6) is 0 Å². The van der Waals surface area contributed by atoms with Crippen molar-refractivity contribution >= 4 is 17.5 Å². The Morgan fingerprint density at radius 3 is 2.71 bits per heavy atom. The Balaban J connectivity index is 2.46. The number of nitrogen functional groups attached to an aromatic ring is 1. The second-order valence-electron chi connectivity index (χ2n) is 4.35. The molecule has 0 fully saturated rings. The summed E-state index contributed by atoms with van der Waals surface area (Å²) >= 11 is 0. The molecule has 0 radical (unpaired) electrons. The maximum Gasteiger partial charge on any atom is 0.239 e. The zero-order chi connectivity index (χ0) is 12.8. The van der Waals surface area contributed by atoms with Crippen LogP contribution < -0.4 is 16.0 Å². The molecule has 1 heterocycles. The molecule has 0 saturated heterocycles. The lowest BCUT2D eigenvalue weighted by atomic mass is 10.2. The second kappa shape index (κ2) is 6.03. The summed E-state index contributed by atoms with van der Waals surface area (Å²) in [6, 6.07) is 0. The number of carbonyl (C=O) groups excluding carboxylic acids is 1. The maximum atomic E-state index is 11.6. The first-order chi connectivity index (χ1) is 7.99. The van der Waals surface area contributed by atoms with E-state index in [4.69, 9.17) is 5.73 Å². The van der Waals surface area contributed by atoms with Crippen LogP contribution in [0.25, 0.3) is 0 Å². The van der Waals surface area contributed by atoms with Gasteiger partial charge in [0.05, 0.1) is 18.9 Å². The highest BCUT2D eigenvalue weighted by atomic mass is 16.2. The lowest BCUT2D eigenvalue weighted by Crippen LogP contribution is -2.37. The minimum absolute atomic E-state index is 0.0279. The molecule has 0 aromatic carbocycles. The van der Waals surface area contributed by atoms with Crippen molar-refractivity contribution in [3.8, 4) is 0 Å². The molecular weight excluding hydrogens is 218 g/mol. The third kappa shape index (κ3) is 4.67. The van der Waals surface area contributed by atoms with Crippen molar-refractivity contribution in [1.29, 1.82) is 0 Å². The predicted octanol–water partition coefficient (Wildman–Crippen LogP) is 0.267. The molecule has 0 aliphatic rings. The average molecular weight is 237 g/mol. The van der Waals surface area contributed by atoms with E-state index in [2.05, 4.69) is 29.1 Å². The van der Waals surface area contributed by atoms with Gasteiger partial charge in [0, 0.05) is 13.6 Å². The number of rotatable bonds is 5. The Bertz CT molecular complexity index is 363. The van der Waals surface area contributed by atoms with E-state index < -0.39 is 0 Å². The van der Waals surface area contributed by atoms with E-state index in [0.29, 0.717) is 24.1 Å². The van der Waals surface area contributed by atoms with Crippen LogP contribution in [0.4, 0.5) is 11.6 Å². The quantitative estimate of drug-likeness (QED) is 0.767. The SMILES string of the molecule is CC(C)CNC(=O)CN(C)c1cnc(N)cn1. The molecule has 0 bridgehead atoms. The summed E-state index contributed by atoms with van der Waals surface area (Å²) in [4.78, 5) is 21.3. The van der Waals surface area contributed by atoms with E-state index in [0.717, 1.165) is 0 Å². The lowest BCUT2D eigenvalue weighted by Gasteiger charge is -2.17. The van der Waals surface area contributed by atoms with Gasteiger partial charge in [0.1, 0.15) is 11.6 Å². The van der Waals surface area contributed by atoms with Crippen molar-refractivity contribution in [2.45, 2.75) is 13.8 Å². The molecule has 1 aromatic rings. The molecule has 0 spiro atoms. The van der Waals surface area contributed by atoms with Gasteiger partial charge in [-0.3, -0.25) is 4.79 Å². The van der Waals surface area contributed by atoms with Crippen molar-refractivity contribution < 1.29 is 4.79 Å². The Kier molecular flexibility index (Phi) is 4.68. The Morgan fingerprint density at radius 1 is 1.47 bits per heavy atom. The highest BCUT2D eigenvalue weighted by molar-refractivity contribution is 5.80. The number of anilines is 2. The van der Waals surface area contributed by atoms with Crippen LogP contribution in [0, 0.1) is 5.92 Å². The van der Waals surface area contributed by atoms with Gasteiger partial charge >= 0.3 is 0 Å². The highest BCUT2D eigenvalue weighted by Gasteiger charge is 2.08. The van der Waals surface area contributed by atoms with Crippen LogP contribution in [-0.4, -0.2) is 36.0 Å². The van der Waals surface area contributed by atoms with E-state index in [1.54, 1.807) is 18.1 Å². The number of aromatic nitrogens is 2. The third-order valence-corrected chi connectivity index (χ3v) is 2.14. The monoisotopic (exact) mass is 237 g/mol. The number of nitrogens with two attached hydrogens (primary N) is 1. The van der Waals surface area contributed by atoms with Crippen molar-refractivity contribution in [1.82, 2.24) is 15.3 Å². The number of hydrogen-bond donors (Lipinski definition) is 2. The van der Waals surface area contributed by atoms with Gasteiger partial charge in [-0.1, -0.05) is 13.8 Å². The first kappa shape index (κ1) is 13.2. The molecule has 94 valence electrons. The third-order valence-electron chi connectivity index (χ3n) is 2.14. The normalized spacial score (nSPS) is 10.4. The lowest BCUT2D eigenvalue weighted by molar-refractivity contribution is -0.119. The van der Waals surface area contributed by atoms with E-state index in [1.807, 2.05) is 0 Å². The number of nitrogens with one attached hydrogen (secondary N) is 1. The molecule has 3 N–H and O–H groups in total. The summed E-state index contributed by atoms with van der Waals surface area (Å²) in [6.07, 6.45) is 3.02. The Labute approximate surface area is 101 Å². The van der Waals surface area contributed by atoms with Gasteiger partial charge < -0.3 is 16.0 Å². The standard InChI is InChI=1S/C11H19N5O/c1-8(2)4-15-11(17)7-16(3)10-6-13-9(12)5-14-10/h5-6,8H,4,7H2,1-3H3,(H2,12,13)(H,15,17). The molecule has 0 saturated carbocycles. The van der Waals surface area contributed by atoms with Crippen LogP contribution in [0.3, 0.4) is 0 Å². The van der Waals surface area contributed by atoms with Gasteiger partial charge in [0.2, 0.25) is 5.91 Å². The molecule has 1 amide bonds. The molecule has 0 aliphatic heterocycles. The predicted molar refractivity (Wildman–Crippen MR) is 67.6 cm³/mol. The summed E-state index contributed by atoms with van der Waals surface area (Å²) in [5.41, 5.74) is 5.44. The number of hydrogen-bond acceptors (Lipinski definition) is 5. The van der Waals surface area contributed by atoms with Crippen LogP contribution in [-0.2, 0) is 4.79 Å². The fraction of sp³-hybridized carbons (Fsp3) is 0.545. The van der Waals surface area contributed by atoms with E-state index >= 15 is 0 Å². The molecular formula is C11H19N5O. The maximum absolute atomic E-state index is 11.6. The van der Waals surface area contributed by atoms with Crippen molar-refractivity contribution in [3.63, 3.8) is 0 Å². The molecule has 0 atom stereocenters. The highest BCUT2D eigenvalue weighted by Crippen LogP contribution is 2.06. The molecule has 6 heteroatoms. The molecule has 17 heavy (non-hydrogen) atoms. The fourth-order valence-corrected chi connectivity index (χ4v) is 1.20. The fourth-order valence-electron chi connectivity index (χ4n) is 1.20. The van der Waals surface area contributed by atoms with Gasteiger partial charge in [-0.15, -0.1) is 0 Å². The second-order valence-corrected chi connectivity index (χ2v) is 4.35. The van der Waals surface area contributed by atoms with Gasteiger partial charge in [0.25, 0.3) is 0 Å². The number of likely N-dealkylation sites (N-methyl/N-ethyl adjacent to an activating group) is 1. The summed E-state index contributed by atoms with van der Waals surface area (Å²) in [5, 5.41) is 2.84. The van der Waals surface area contributed by atoms with Gasteiger partial charge in [-0.2, -0.15) is 0 Å².